The zero-order valence-electron chi connectivity index (χ0n) is 13.1. The van der Waals surface area contributed by atoms with E-state index in [1.807, 2.05) is 0 Å². The van der Waals surface area contributed by atoms with Crippen molar-refractivity contribution in [3.05, 3.63) is 0 Å². The van der Waals surface area contributed by atoms with Gasteiger partial charge in [-0.25, -0.2) is 0 Å². The molecule has 4 nitrogen and oxygen atoms in total. The number of amides is 1. The van der Waals surface area contributed by atoms with Crippen LogP contribution in [0.3, 0.4) is 0 Å². The van der Waals surface area contributed by atoms with E-state index in [4.69, 9.17) is 5.11 Å². The van der Waals surface area contributed by atoms with E-state index in [1.165, 1.54) is 19.3 Å². The molecule has 1 saturated carbocycles. The van der Waals surface area contributed by atoms with Crippen LogP contribution in [0.2, 0.25) is 0 Å². The first-order chi connectivity index (χ1) is 9.60. The summed E-state index contributed by atoms with van der Waals surface area (Å²) in [6.45, 7) is 8.14. The Morgan fingerprint density at radius 3 is 2.40 bits per heavy atom. The van der Waals surface area contributed by atoms with Crippen molar-refractivity contribution in [3.63, 3.8) is 0 Å². The van der Waals surface area contributed by atoms with Crippen LogP contribution in [0, 0.1) is 11.8 Å². The van der Waals surface area contributed by atoms with Gasteiger partial charge in [0, 0.05) is 25.7 Å². The lowest BCUT2D eigenvalue weighted by molar-refractivity contribution is -0.135. The Hall–Kier alpha value is -0.610. The van der Waals surface area contributed by atoms with E-state index in [-0.39, 0.29) is 6.61 Å². The standard InChI is InChI=1S/C16H30N2O2/c1-13-9-14(2)11-18(10-13)16(20)12-17(15-5-6-15)7-3-4-8-19/h13-15,19H,3-12H2,1-2H3. The highest BCUT2D eigenvalue weighted by Crippen LogP contribution is 2.27. The molecule has 1 aliphatic carbocycles. The number of nitrogens with zero attached hydrogens (tertiary/aromatic N) is 2. The first-order valence-corrected chi connectivity index (χ1v) is 8.22. The molecule has 20 heavy (non-hydrogen) atoms. The lowest BCUT2D eigenvalue weighted by atomic mass is 9.92. The smallest absolute Gasteiger partial charge is 0.236 e. The quantitative estimate of drug-likeness (QED) is 0.723. The van der Waals surface area contributed by atoms with Crippen molar-refractivity contribution in [2.24, 2.45) is 11.8 Å². The molecule has 116 valence electrons. The molecule has 1 aliphatic heterocycles. The summed E-state index contributed by atoms with van der Waals surface area (Å²) in [5.74, 6) is 1.57. The molecule has 1 saturated heterocycles. The van der Waals surface area contributed by atoms with Crippen LogP contribution >= 0.6 is 0 Å². The monoisotopic (exact) mass is 282 g/mol. The summed E-state index contributed by atoms with van der Waals surface area (Å²) in [4.78, 5) is 16.9. The minimum absolute atomic E-state index is 0.258. The number of likely N-dealkylation sites (tertiary alicyclic amines) is 1. The normalized spacial score (nSPS) is 27.1. The summed E-state index contributed by atoms with van der Waals surface area (Å²) in [7, 11) is 0. The number of carbonyl (C=O) groups is 1. The maximum absolute atomic E-state index is 12.5. The maximum atomic E-state index is 12.5. The average molecular weight is 282 g/mol. The molecule has 0 radical (unpaired) electrons. The van der Waals surface area contributed by atoms with E-state index < -0.39 is 0 Å². The summed E-state index contributed by atoms with van der Waals surface area (Å²) >= 11 is 0. The molecular weight excluding hydrogens is 252 g/mol. The molecule has 1 heterocycles. The molecule has 2 rings (SSSR count). The van der Waals surface area contributed by atoms with Crippen LogP contribution in [0.15, 0.2) is 0 Å². The van der Waals surface area contributed by atoms with Crippen LogP contribution in [0.5, 0.6) is 0 Å². The first kappa shape index (κ1) is 15.8. The molecule has 0 aromatic heterocycles. The number of unbranched alkanes of at least 4 members (excludes halogenated alkanes) is 1. The number of aliphatic hydroxyl groups is 1. The molecule has 1 N–H and O–H groups in total. The number of hydrogen-bond donors (Lipinski definition) is 1. The van der Waals surface area contributed by atoms with E-state index in [9.17, 15) is 4.79 Å². The molecule has 0 aromatic rings. The highest BCUT2D eigenvalue weighted by molar-refractivity contribution is 5.78. The lowest BCUT2D eigenvalue weighted by Crippen LogP contribution is -2.47. The van der Waals surface area contributed by atoms with Crippen LogP contribution in [0.25, 0.3) is 0 Å². The number of piperidine rings is 1. The average Bonchev–Trinajstić information content (AvgIpc) is 3.20. The van der Waals surface area contributed by atoms with Crippen molar-refractivity contribution in [1.82, 2.24) is 9.80 Å². The van der Waals surface area contributed by atoms with E-state index in [1.54, 1.807) is 0 Å². The second-order valence-corrected chi connectivity index (χ2v) is 6.88. The molecule has 1 amide bonds. The Morgan fingerprint density at radius 2 is 1.85 bits per heavy atom. The van der Waals surface area contributed by atoms with Crippen molar-refractivity contribution in [2.45, 2.75) is 52.0 Å². The third-order valence-electron chi connectivity index (χ3n) is 4.48. The maximum Gasteiger partial charge on any atom is 0.236 e. The topological polar surface area (TPSA) is 43.8 Å². The Kier molecular flexibility index (Phi) is 5.85. The first-order valence-electron chi connectivity index (χ1n) is 8.22. The predicted octanol–water partition coefficient (Wildman–Crippen LogP) is 1.73. The number of carbonyl (C=O) groups excluding carboxylic acids is 1. The number of hydrogen-bond acceptors (Lipinski definition) is 3. The second-order valence-electron chi connectivity index (χ2n) is 6.88. The minimum atomic E-state index is 0.258. The molecule has 4 heteroatoms. The number of aliphatic hydroxyl groups excluding tert-OH is 1. The van der Waals surface area contributed by atoms with Crippen LogP contribution in [0.4, 0.5) is 0 Å². The molecule has 0 bridgehead atoms. The van der Waals surface area contributed by atoms with Gasteiger partial charge in [0.05, 0.1) is 6.54 Å². The fraction of sp³-hybridized carbons (Fsp3) is 0.938. The Bertz CT molecular complexity index is 308. The van der Waals surface area contributed by atoms with Gasteiger partial charge in [-0.15, -0.1) is 0 Å². The third-order valence-corrected chi connectivity index (χ3v) is 4.48. The molecule has 0 aromatic carbocycles. The summed E-state index contributed by atoms with van der Waals surface area (Å²) in [5.41, 5.74) is 0. The van der Waals surface area contributed by atoms with Crippen LogP contribution in [-0.4, -0.2) is 59.6 Å². The fourth-order valence-corrected chi connectivity index (χ4v) is 3.40. The SMILES string of the molecule is CC1CC(C)CN(C(=O)CN(CCCCO)C2CC2)C1. The van der Waals surface area contributed by atoms with E-state index in [0.717, 1.165) is 32.5 Å². The van der Waals surface area contributed by atoms with Crippen molar-refractivity contribution < 1.29 is 9.90 Å². The molecule has 2 fully saturated rings. The molecule has 2 unspecified atom stereocenters. The van der Waals surface area contributed by atoms with Crippen molar-refractivity contribution in [3.8, 4) is 0 Å². The molecule has 2 aliphatic rings. The summed E-state index contributed by atoms with van der Waals surface area (Å²) in [5, 5.41) is 8.88. The van der Waals surface area contributed by atoms with E-state index >= 15 is 0 Å². The Morgan fingerprint density at radius 1 is 1.20 bits per heavy atom. The van der Waals surface area contributed by atoms with Gasteiger partial charge in [-0.1, -0.05) is 13.8 Å². The largest absolute Gasteiger partial charge is 0.396 e. The van der Waals surface area contributed by atoms with Crippen molar-refractivity contribution >= 4 is 5.91 Å². The van der Waals surface area contributed by atoms with Crippen LogP contribution in [-0.2, 0) is 4.79 Å². The highest BCUT2D eigenvalue weighted by atomic mass is 16.2. The lowest BCUT2D eigenvalue weighted by Gasteiger charge is -2.36. The summed E-state index contributed by atoms with van der Waals surface area (Å²) < 4.78 is 0. The highest BCUT2D eigenvalue weighted by Gasteiger charge is 2.32. The predicted molar refractivity (Wildman–Crippen MR) is 80.4 cm³/mol. The van der Waals surface area contributed by atoms with Gasteiger partial charge in [0.25, 0.3) is 0 Å². The van der Waals surface area contributed by atoms with Crippen molar-refractivity contribution in [1.29, 1.82) is 0 Å². The molecule has 0 spiro atoms. The fourth-order valence-electron chi connectivity index (χ4n) is 3.40. The van der Waals surface area contributed by atoms with E-state index in [2.05, 4.69) is 23.6 Å². The summed E-state index contributed by atoms with van der Waals surface area (Å²) in [6, 6.07) is 0.622. The van der Waals surface area contributed by atoms with Crippen LogP contribution < -0.4 is 0 Å². The van der Waals surface area contributed by atoms with Gasteiger partial charge in [0.15, 0.2) is 0 Å². The molecular formula is C16H30N2O2. The minimum Gasteiger partial charge on any atom is -0.396 e. The summed E-state index contributed by atoms with van der Waals surface area (Å²) in [6.07, 6.45) is 5.55. The van der Waals surface area contributed by atoms with Gasteiger partial charge in [0.2, 0.25) is 5.91 Å². The van der Waals surface area contributed by atoms with Gasteiger partial charge in [0.1, 0.15) is 0 Å². The van der Waals surface area contributed by atoms with Gasteiger partial charge in [-0.3, -0.25) is 9.69 Å². The van der Waals surface area contributed by atoms with Crippen LogP contribution in [0.1, 0.15) is 46.0 Å². The number of rotatable bonds is 7. The molecule has 2 atom stereocenters. The Labute approximate surface area is 123 Å². The Balaban J connectivity index is 1.81. The van der Waals surface area contributed by atoms with Gasteiger partial charge in [-0.2, -0.15) is 0 Å². The van der Waals surface area contributed by atoms with Gasteiger partial charge in [-0.05, 0) is 50.5 Å². The van der Waals surface area contributed by atoms with Gasteiger partial charge < -0.3 is 10.0 Å². The third kappa shape index (κ3) is 4.74. The van der Waals surface area contributed by atoms with Crippen molar-refractivity contribution in [2.75, 3.05) is 32.8 Å². The zero-order chi connectivity index (χ0) is 14.5. The van der Waals surface area contributed by atoms with Gasteiger partial charge >= 0.3 is 0 Å². The zero-order valence-corrected chi connectivity index (χ0v) is 13.1. The van der Waals surface area contributed by atoms with E-state index in [0.29, 0.717) is 30.3 Å². The second kappa shape index (κ2) is 7.41.